The molecule has 1 unspecified atom stereocenters. The third-order valence-corrected chi connectivity index (χ3v) is 12.7. The van der Waals surface area contributed by atoms with E-state index in [-0.39, 0.29) is 25.2 Å². The lowest BCUT2D eigenvalue weighted by Gasteiger charge is -2.18. The first-order chi connectivity index (χ1) is 31.6. The maximum Gasteiger partial charge on any atom is 0.306 e. The van der Waals surface area contributed by atoms with Crippen molar-refractivity contribution in [2.45, 2.75) is 309 Å². The fourth-order valence-electron chi connectivity index (χ4n) is 8.47. The van der Waals surface area contributed by atoms with E-state index in [4.69, 9.17) is 14.2 Å². The van der Waals surface area contributed by atoms with E-state index >= 15 is 0 Å². The van der Waals surface area contributed by atoms with Gasteiger partial charge in [-0.05, 0) is 51.4 Å². The number of esters is 2. The predicted octanol–water partition coefficient (Wildman–Crippen LogP) is 19.4. The van der Waals surface area contributed by atoms with Crippen molar-refractivity contribution in [3.8, 4) is 0 Å². The van der Waals surface area contributed by atoms with Gasteiger partial charge in [-0.25, -0.2) is 0 Å². The van der Waals surface area contributed by atoms with Crippen molar-refractivity contribution in [1.82, 2.24) is 0 Å². The van der Waals surface area contributed by atoms with Crippen LogP contribution >= 0.6 is 0 Å². The molecule has 0 amide bonds. The summed E-state index contributed by atoms with van der Waals surface area (Å²) in [6.45, 7) is 7.75. The Morgan fingerprint density at radius 3 is 1.12 bits per heavy atom. The van der Waals surface area contributed by atoms with Crippen LogP contribution in [0.5, 0.6) is 0 Å². The highest BCUT2D eigenvalue weighted by Gasteiger charge is 2.17. The van der Waals surface area contributed by atoms with Crippen molar-refractivity contribution >= 4 is 11.9 Å². The highest BCUT2D eigenvalue weighted by atomic mass is 16.6. The molecule has 376 valence electrons. The zero-order valence-corrected chi connectivity index (χ0v) is 43.3. The molecule has 0 bridgehead atoms. The van der Waals surface area contributed by atoms with Gasteiger partial charge in [0.2, 0.25) is 0 Å². The van der Waals surface area contributed by atoms with Crippen molar-refractivity contribution < 1.29 is 23.8 Å². The standard InChI is InChI=1S/C59H110O5/c1-4-7-10-13-16-19-22-25-27-29-31-33-36-39-42-45-48-51-54-62-55-57(64-59(61)53-50-47-44-41-38-34-24-21-18-15-12-9-6-3)56-63-58(60)52-49-46-43-40-37-35-32-30-28-26-23-20-17-14-11-8-5-2/h9,12,18,21,34,38,57H,4-8,10-11,13-17,19-20,22-33,35-37,39-56H2,1-3H3/b12-9-,21-18-,38-34-. The molecule has 0 aromatic rings. The Hall–Kier alpha value is -1.88. The summed E-state index contributed by atoms with van der Waals surface area (Å²) in [5.74, 6) is -0.411. The number of allylic oxidation sites excluding steroid dienone is 6. The average molecular weight is 900 g/mol. The summed E-state index contributed by atoms with van der Waals surface area (Å²) in [5, 5.41) is 0. The van der Waals surface area contributed by atoms with Crippen LogP contribution in [0.4, 0.5) is 0 Å². The number of carbonyl (C=O) groups excluding carboxylic acids is 2. The first kappa shape index (κ1) is 62.1. The number of hydrogen-bond acceptors (Lipinski definition) is 5. The van der Waals surface area contributed by atoms with Gasteiger partial charge in [-0.2, -0.15) is 0 Å². The van der Waals surface area contributed by atoms with E-state index in [1.54, 1.807) is 0 Å². The maximum atomic E-state index is 12.8. The molecule has 5 nitrogen and oxygen atoms in total. The second kappa shape index (κ2) is 55.4. The van der Waals surface area contributed by atoms with Crippen LogP contribution in [-0.2, 0) is 23.8 Å². The Bertz CT molecular complexity index is 1020. The average Bonchev–Trinajstić information content (AvgIpc) is 3.30. The SMILES string of the molecule is CC/C=C\C/C=C\C/C=C\CCCCCC(=O)OC(COCCCCCCCCCCCCCCCCCCCC)COC(=O)CCCCCCCCCCCCCCCCCCC. The Labute approximate surface area is 400 Å². The summed E-state index contributed by atoms with van der Waals surface area (Å²) in [6, 6.07) is 0. The fourth-order valence-corrected chi connectivity index (χ4v) is 8.47. The predicted molar refractivity (Wildman–Crippen MR) is 279 cm³/mol. The Kier molecular flexibility index (Phi) is 53.8. The fraction of sp³-hybridized carbons (Fsp3) is 0.864. The molecule has 0 heterocycles. The van der Waals surface area contributed by atoms with Gasteiger partial charge in [0.05, 0.1) is 6.61 Å². The third kappa shape index (κ3) is 52.7. The van der Waals surface area contributed by atoms with Crippen molar-refractivity contribution in [3.05, 3.63) is 36.5 Å². The summed E-state index contributed by atoms with van der Waals surface area (Å²) < 4.78 is 17.5. The summed E-state index contributed by atoms with van der Waals surface area (Å²) >= 11 is 0. The van der Waals surface area contributed by atoms with Gasteiger partial charge in [-0.3, -0.25) is 9.59 Å². The quantitative estimate of drug-likeness (QED) is 0.0346. The monoisotopic (exact) mass is 899 g/mol. The zero-order valence-electron chi connectivity index (χ0n) is 43.3. The lowest BCUT2D eigenvalue weighted by Crippen LogP contribution is -2.30. The molecule has 0 spiro atoms. The maximum absolute atomic E-state index is 12.8. The minimum absolute atomic E-state index is 0.0801. The molecule has 64 heavy (non-hydrogen) atoms. The van der Waals surface area contributed by atoms with E-state index in [0.29, 0.717) is 19.4 Å². The minimum atomic E-state index is -0.545. The molecule has 0 N–H and O–H groups in total. The summed E-state index contributed by atoms with van der Waals surface area (Å²) in [7, 11) is 0. The van der Waals surface area contributed by atoms with Gasteiger partial charge in [-0.15, -0.1) is 0 Å². The van der Waals surface area contributed by atoms with Crippen LogP contribution in [0.25, 0.3) is 0 Å². The van der Waals surface area contributed by atoms with Gasteiger partial charge in [0.15, 0.2) is 6.10 Å². The molecule has 5 heteroatoms. The second-order valence-electron chi connectivity index (χ2n) is 19.2. The van der Waals surface area contributed by atoms with Crippen LogP contribution in [0.1, 0.15) is 303 Å². The van der Waals surface area contributed by atoms with Gasteiger partial charge in [0.1, 0.15) is 6.61 Å². The number of ether oxygens (including phenoxy) is 3. The highest BCUT2D eigenvalue weighted by Crippen LogP contribution is 2.17. The molecule has 0 saturated heterocycles. The van der Waals surface area contributed by atoms with E-state index in [9.17, 15) is 9.59 Å². The number of rotatable bonds is 53. The van der Waals surface area contributed by atoms with Crippen LogP contribution in [0, 0.1) is 0 Å². The largest absolute Gasteiger partial charge is 0.462 e. The van der Waals surface area contributed by atoms with Crippen molar-refractivity contribution in [3.63, 3.8) is 0 Å². The Morgan fingerprint density at radius 2 is 0.703 bits per heavy atom. The minimum Gasteiger partial charge on any atom is -0.462 e. The van der Waals surface area contributed by atoms with Gasteiger partial charge in [-0.1, -0.05) is 276 Å². The second-order valence-corrected chi connectivity index (χ2v) is 19.2. The van der Waals surface area contributed by atoms with Gasteiger partial charge in [0, 0.05) is 19.4 Å². The molecule has 0 aliphatic heterocycles. The van der Waals surface area contributed by atoms with Gasteiger partial charge in [0.25, 0.3) is 0 Å². The van der Waals surface area contributed by atoms with Crippen molar-refractivity contribution in [2.24, 2.45) is 0 Å². The van der Waals surface area contributed by atoms with E-state index in [1.807, 2.05) is 0 Å². The number of unbranched alkanes of at least 4 members (excludes halogenated alkanes) is 36. The summed E-state index contributed by atoms with van der Waals surface area (Å²) in [4.78, 5) is 25.5. The van der Waals surface area contributed by atoms with Crippen LogP contribution in [0.2, 0.25) is 0 Å². The highest BCUT2D eigenvalue weighted by molar-refractivity contribution is 5.70. The van der Waals surface area contributed by atoms with Gasteiger partial charge < -0.3 is 14.2 Å². The molecular weight excluding hydrogens is 789 g/mol. The normalized spacial score (nSPS) is 12.4. The summed E-state index contributed by atoms with van der Waals surface area (Å²) in [5.41, 5.74) is 0. The van der Waals surface area contributed by atoms with Crippen LogP contribution in [0.3, 0.4) is 0 Å². The first-order valence-corrected chi connectivity index (χ1v) is 28.5. The first-order valence-electron chi connectivity index (χ1n) is 28.5. The molecule has 0 radical (unpaired) electrons. The van der Waals surface area contributed by atoms with Crippen molar-refractivity contribution in [2.75, 3.05) is 19.8 Å². The molecule has 0 saturated carbocycles. The molecule has 1 atom stereocenters. The lowest BCUT2D eigenvalue weighted by molar-refractivity contribution is -0.163. The smallest absolute Gasteiger partial charge is 0.306 e. The zero-order chi connectivity index (χ0) is 46.3. The topological polar surface area (TPSA) is 61.8 Å². The van der Waals surface area contributed by atoms with Crippen LogP contribution < -0.4 is 0 Å². The van der Waals surface area contributed by atoms with Gasteiger partial charge >= 0.3 is 11.9 Å². The van der Waals surface area contributed by atoms with Crippen molar-refractivity contribution in [1.29, 1.82) is 0 Å². The third-order valence-electron chi connectivity index (χ3n) is 12.7. The van der Waals surface area contributed by atoms with E-state index < -0.39 is 6.10 Å². The Balaban J connectivity index is 4.21. The van der Waals surface area contributed by atoms with Crippen LogP contribution in [0.15, 0.2) is 36.5 Å². The molecule has 0 aliphatic carbocycles. The molecule has 0 fully saturated rings. The van der Waals surface area contributed by atoms with Crippen LogP contribution in [-0.4, -0.2) is 37.9 Å². The molecule has 0 aromatic heterocycles. The van der Waals surface area contributed by atoms with E-state index in [1.165, 1.54) is 205 Å². The molecular formula is C59H110O5. The number of carbonyl (C=O) groups is 2. The van der Waals surface area contributed by atoms with E-state index in [2.05, 4.69) is 57.2 Å². The number of hydrogen-bond donors (Lipinski definition) is 0. The molecule has 0 aromatic carbocycles. The lowest BCUT2D eigenvalue weighted by atomic mass is 10.0. The summed E-state index contributed by atoms with van der Waals surface area (Å²) in [6.07, 6.45) is 67.4. The molecule has 0 rings (SSSR count). The molecule has 0 aliphatic rings. The Morgan fingerprint density at radius 1 is 0.359 bits per heavy atom. The van der Waals surface area contributed by atoms with E-state index in [0.717, 1.165) is 64.2 Å².